The molecular weight excluding hydrogens is 268 g/mol. The molecule has 2 heterocycles. The Labute approximate surface area is 122 Å². The first-order chi connectivity index (χ1) is 10.0. The lowest BCUT2D eigenvalue weighted by atomic mass is 10.1. The largest absolute Gasteiger partial charge is 0.469 e. The van der Waals surface area contributed by atoms with Gasteiger partial charge in [-0.15, -0.1) is 0 Å². The number of Topliss-reactive ketones (excluding diaryl/α,β-unsaturated/α-hetero) is 1. The molecule has 6 nitrogen and oxygen atoms in total. The van der Waals surface area contributed by atoms with E-state index < -0.39 is 5.78 Å². The van der Waals surface area contributed by atoms with Crippen molar-refractivity contribution in [2.24, 2.45) is 0 Å². The second kappa shape index (κ2) is 6.01. The number of nitrogens with zero attached hydrogens (tertiary/aromatic N) is 3. The molecule has 0 saturated carbocycles. The highest BCUT2D eigenvalue weighted by Gasteiger charge is 2.16. The molecule has 1 N–H and O–H groups in total. The maximum Gasteiger partial charge on any atom is 0.227 e. The van der Waals surface area contributed by atoms with Crippen LogP contribution >= 0.6 is 0 Å². The molecule has 0 spiro atoms. The van der Waals surface area contributed by atoms with Gasteiger partial charge in [0.05, 0.1) is 11.8 Å². The third-order valence-corrected chi connectivity index (χ3v) is 2.80. The molecule has 0 aliphatic carbocycles. The smallest absolute Gasteiger partial charge is 0.227 e. The Hall–Kier alpha value is -2.94. The molecule has 0 saturated heterocycles. The van der Waals surface area contributed by atoms with Gasteiger partial charge in [0.1, 0.15) is 17.4 Å². The van der Waals surface area contributed by atoms with Crippen LogP contribution in [-0.2, 0) is 0 Å². The number of carbonyl (C=O) groups excluding carboxylic acids is 1. The number of allylic oxidation sites excluding steroid dienone is 1. The number of carbonyl (C=O) groups is 1. The topological polar surface area (TPSA) is 91.8 Å². The van der Waals surface area contributed by atoms with E-state index in [4.69, 9.17) is 9.68 Å². The Bertz CT molecular complexity index is 733. The zero-order valence-corrected chi connectivity index (χ0v) is 12.0. The number of aryl methyl sites for hydroxylation is 3. The van der Waals surface area contributed by atoms with E-state index in [1.165, 1.54) is 18.5 Å². The first-order valence-electron chi connectivity index (χ1n) is 6.29. The van der Waals surface area contributed by atoms with E-state index in [-0.39, 0.29) is 5.57 Å². The number of anilines is 1. The molecule has 0 aromatic carbocycles. The SMILES string of the molecule is Cc1cc(C)nc(NC=C(C#N)C(=O)c2ccoc2C)n1. The summed E-state index contributed by atoms with van der Waals surface area (Å²) in [5, 5.41) is 11.9. The molecule has 0 atom stereocenters. The zero-order valence-electron chi connectivity index (χ0n) is 12.0. The first-order valence-corrected chi connectivity index (χ1v) is 6.29. The van der Waals surface area contributed by atoms with E-state index in [0.717, 1.165) is 11.4 Å². The Balaban J connectivity index is 2.24. The van der Waals surface area contributed by atoms with E-state index in [2.05, 4.69) is 15.3 Å². The van der Waals surface area contributed by atoms with Crippen molar-refractivity contribution in [1.29, 1.82) is 5.26 Å². The molecule has 6 heteroatoms. The third-order valence-electron chi connectivity index (χ3n) is 2.80. The summed E-state index contributed by atoms with van der Waals surface area (Å²) in [6, 6.07) is 5.24. The summed E-state index contributed by atoms with van der Waals surface area (Å²) in [7, 11) is 0. The molecule has 0 fully saturated rings. The van der Waals surface area contributed by atoms with Gasteiger partial charge in [0.2, 0.25) is 11.7 Å². The van der Waals surface area contributed by atoms with Gasteiger partial charge in [0.15, 0.2) is 0 Å². The summed E-state index contributed by atoms with van der Waals surface area (Å²) in [6.07, 6.45) is 2.72. The summed E-state index contributed by atoms with van der Waals surface area (Å²) in [5.41, 5.74) is 1.93. The molecule has 0 bridgehead atoms. The van der Waals surface area contributed by atoms with Crippen LogP contribution in [0.15, 0.2) is 34.6 Å². The maximum atomic E-state index is 12.2. The highest BCUT2D eigenvalue weighted by molar-refractivity contribution is 6.11. The van der Waals surface area contributed by atoms with Crippen LogP contribution in [0.3, 0.4) is 0 Å². The van der Waals surface area contributed by atoms with Crippen LogP contribution in [0.5, 0.6) is 0 Å². The number of aromatic nitrogens is 2. The molecular formula is C15H14N4O2. The Morgan fingerprint density at radius 1 is 1.33 bits per heavy atom. The van der Waals surface area contributed by atoms with Crippen LogP contribution in [-0.4, -0.2) is 15.8 Å². The number of hydrogen-bond donors (Lipinski definition) is 1. The van der Waals surface area contributed by atoms with Gasteiger partial charge in [0, 0.05) is 17.6 Å². The van der Waals surface area contributed by atoms with Crippen molar-refractivity contribution in [3.05, 3.63) is 52.9 Å². The van der Waals surface area contributed by atoms with E-state index in [0.29, 0.717) is 17.3 Å². The fourth-order valence-electron chi connectivity index (χ4n) is 1.84. The Kier molecular flexibility index (Phi) is 4.14. The standard InChI is InChI=1S/C15H14N4O2/c1-9-6-10(2)19-15(18-9)17-8-12(7-16)14(20)13-4-5-21-11(13)3/h4-6,8H,1-3H3,(H,17,18,19). The normalized spacial score (nSPS) is 11.0. The van der Waals surface area contributed by atoms with Gasteiger partial charge < -0.3 is 9.73 Å². The number of hydrogen-bond acceptors (Lipinski definition) is 6. The molecule has 0 unspecified atom stereocenters. The summed E-state index contributed by atoms with van der Waals surface area (Å²) in [4.78, 5) is 20.5. The molecule has 106 valence electrons. The zero-order chi connectivity index (χ0) is 15.4. The van der Waals surface area contributed by atoms with E-state index in [9.17, 15) is 4.79 Å². The molecule has 0 aliphatic rings. The molecule has 2 rings (SSSR count). The minimum atomic E-state index is -0.402. The Morgan fingerprint density at radius 2 is 2.00 bits per heavy atom. The maximum absolute atomic E-state index is 12.2. The van der Waals surface area contributed by atoms with Gasteiger partial charge in [-0.25, -0.2) is 9.97 Å². The van der Waals surface area contributed by atoms with Crippen LogP contribution < -0.4 is 5.32 Å². The van der Waals surface area contributed by atoms with Gasteiger partial charge in [-0.2, -0.15) is 5.26 Å². The van der Waals surface area contributed by atoms with Crippen molar-refractivity contribution >= 4 is 11.7 Å². The lowest BCUT2D eigenvalue weighted by molar-refractivity contribution is 0.103. The molecule has 0 amide bonds. The first kappa shape index (κ1) is 14.5. The number of rotatable bonds is 4. The van der Waals surface area contributed by atoms with Crippen LogP contribution in [0.2, 0.25) is 0 Å². The van der Waals surface area contributed by atoms with E-state index in [1.807, 2.05) is 26.0 Å². The van der Waals surface area contributed by atoms with Gasteiger partial charge in [-0.3, -0.25) is 4.79 Å². The van der Waals surface area contributed by atoms with Gasteiger partial charge in [0.25, 0.3) is 0 Å². The van der Waals surface area contributed by atoms with Crippen LogP contribution in [0.1, 0.15) is 27.5 Å². The minimum Gasteiger partial charge on any atom is -0.469 e. The summed E-state index contributed by atoms with van der Waals surface area (Å²) < 4.78 is 5.07. The fourth-order valence-corrected chi connectivity index (χ4v) is 1.84. The number of nitriles is 1. The van der Waals surface area contributed by atoms with Crippen LogP contribution in [0.4, 0.5) is 5.95 Å². The minimum absolute atomic E-state index is 0.0396. The van der Waals surface area contributed by atoms with Gasteiger partial charge in [-0.1, -0.05) is 0 Å². The molecule has 2 aromatic heterocycles. The Morgan fingerprint density at radius 3 is 2.52 bits per heavy atom. The van der Waals surface area contributed by atoms with Crippen molar-refractivity contribution in [3.8, 4) is 6.07 Å². The van der Waals surface area contributed by atoms with Gasteiger partial charge >= 0.3 is 0 Å². The van der Waals surface area contributed by atoms with E-state index in [1.54, 1.807) is 6.92 Å². The number of furan rings is 1. The second-order valence-electron chi connectivity index (χ2n) is 4.51. The lowest BCUT2D eigenvalue weighted by Crippen LogP contribution is -2.06. The number of ketones is 1. The van der Waals surface area contributed by atoms with Crippen molar-refractivity contribution < 1.29 is 9.21 Å². The average molecular weight is 282 g/mol. The molecule has 0 aliphatic heterocycles. The van der Waals surface area contributed by atoms with Gasteiger partial charge in [-0.05, 0) is 32.9 Å². The quantitative estimate of drug-likeness (QED) is 0.526. The summed E-state index contributed by atoms with van der Waals surface area (Å²) in [5.74, 6) is 0.418. The summed E-state index contributed by atoms with van der Waals surface area (Å²) >= 11 is 0. The fraction of sp³-hybridized carbons (Fsp3) is 0.200. The molecule has 21 heavy (non-hydrogen) atoms. The van der Waals surface area contributed by atoms with E-state index >= 15 is 0 Å². The van der Waals surface area contributed by atoms with Crippen molar-refractivity contribution in [3.63, 3.8) is 0 Å². The van der Waals surface area contributed by atoms with Crippen molar-refractivity contribution in [2.45, 2.75) is 20.8 Å². The highest BCUT2D eigenvalue weighted by Crippen LogP contribution is 2.14. The van der Waals surface area contributed by atoms with Crippen LogP contribution in [0.25, 0.3) is 0 Å². The van der Waals surface area contributed by atoms with Crippen molar-refractivity contribution in [1.82, 2.24) is 9.97 Å². The monoisotopic (exact) mass is 282 g/mol. The molecule has 0 radical (unpaired) electrons. The van der Waals surface area contributed by atoms with Crippen molar-refractivity contribution in [2.75, 3.05) is 5.32 Å². The highest BCUT2D eigenvalue weighted by atomic mass is 16.3. The predicted molar refractivity (Wildman–Crippen MR) is 76.6 cm³/mol. The third kappa shape index (κ3) is 3.34. The second-order valence-corrected chi connectivity index (χ2v) is 4.51. The lowest BCUT2D eigenvalue weighted by Gasteiger charge is -2.03. The predicted octanol–water partition coefficient (Wildman–Crippen LogP) is 2.70. The molecule has 2 aromatic rings. The number of nitrogens with one attached hydrogen (secondary N) is 1. The average Bonchev–Trinajstić information content (AvgIpc) is 2.84. The van der Waals surface area contributed by atoms with Crippen LogP contribution in [0, 0.1) is 32.1 Å². The summed E-state index contributed by atoms with van der Waals surface area (Å²) in [6.45, 7) is 5.35.